The zero-order valence-electron chi connectivity index (χ0n) is 16.5. The highest BCUT2D eigenvalue weighted by atomic mass is 79.9. The number of alkyl halides is 4. The number of halogens is 5. The summed E-state index contributed by atoms with van der Waals surface area (Å²) in [6.07, 6.45) is 5.94. The van der Waals surface area contributed by atoms with Gasteiger partial charge in [-0.3, -0.25) is 5.10 Å². The van der Waals surface area contributed by atoms with Gasteiger partial charge in [0, 0.05) is 41.3 Å². The third-order valence-electron chi connectivity index (χ3n) is 3.23. The Kier molecular flexibility index (Phi) is 9.88. The van der Waals surface area contributed by atoms with Crippen molar-refractivity contribution in [1.82, 2.24) is 29.9 Å². The molecule has 0 amide bonds. The van der Waals surface area contributed by atoms with Gasteiger partial charge in [-0.1, -0.05) is 15.9 Å². The standard InChI is InChI=1S/C9H8F2N4O.C6H4BrF2NO.C3H5N3/c10-9(11)16-8-5-6(1-3-13-8)15-4-2-7(12)14-15;7-4-1-2-10-5(3-4)11-6(8)9;4-3-1-2-5-6-3/h1-5,9H,(H2,12,14);1-3,6H;1-2H,(H3,4,5,6). The lowest BCUT2D eigenvalue weighted by Crippen LogP contribution is -2.04. The van der Waals surface area contributed by atoms with Crippen LogP contribution in [0.1, 0.15) is 0 Å². The summed E-state index contributed by atoms with van der Waals surface area (Å²) in [5.41, 5.74) is 11.1. The number of rotatable bonds is 5. The summed E-state index contributed by atoms with van der Waals surface area (Å²) in [5.74, 6) is 0.694. The normalized spacial score (nSPS) is 10.2. The molecular formula is C18H17BrF4N8O2. The largest absolute Gasteiger partial charge is 0.417 e. The van der Waals surface area contributed by atoms with E-state index in [1.54, 1.807) is 36.7 Å². The third kappa shape index (κ3) is 9.86. The molecule has 4 aromatic rings. The highest BCUT2D eigenvalue weighted by Crippen LogP contribution is 2.16. The molecule has 10 nitrogen and oxygen atoms in total. The number of nitrogens with one attached hydrogen (secondary N) is 1. The van der Waals surface area contributed by atoms with Crippen molar-refractivity contribution in [2.24, 2.45) is 0 Å². The molecule has 0 atom stereocenters. The third-order valence-corrected chi connectivity index (χ3v) is 3.72. The summed E-state index contributed by atoms with van der Waals surface area (Å²) >= 11 is 3.09. The lowest BCUT2D eigenvalue weighted by Gasteiger charge is -2.05. The molecule has 176 valence electrons. The Morgan fingerprint density at radius 3 is 1.97 bits per heavy atom. The molecule has 5 N–H and O–H groups in total. The molecule has 0 aliphatic rings. The van der Waals surface area contributed by atoms with Crippen LogP contribution in [0.5, 0.6) is 11.8 Å². The van der Waals surface area contributed by atoms with Crippen LogP contribution >= 0.6 is 15.9 Å². The van der Waals surface area contributed by atoms with Crippen molar-refractivity contribution in [2.75, 3.05) is 11.5 Å². The average molecular weight is 533 g/mol. The van der Waals surface area contributed by atoms with Crippen molar-refractivity contribution >= 4 is 27.6 Å². The van der Waals surface area contributed by atoms with Crippen molar-refractivity contribution in [3.05, 3.63) is 65.7 Å². The Hall–Kier alpha value is -3.88. The summed E-state index contributed by atoms with van der Waals surface area (Å²) in [6.45, 7) is -5.72. The number of hydrogen-bond acceptors (Lipinski definition) is 8. The van der Waals surface area contributed by atoms with E-state index in [0.717, 1.165) is 0 Å². The van der Waals surface area contributed by atoms with Crippen LogP contribution in [0.2, 0.25) is 0 Å². The number of H-pyrrole nitrogens is 1. The number of aromatic amines is 1. The van der Waals surface area contributed by atoms with Crippen LogP contribution < -0.4 is 20.9 Å². The fourth-order valence-corrected chi connectivity index (χ4v) is 2.30. The van der Waals surface area contributed by atoms with Gasteiger partial charge in [0.1, 0.15) is 11.6 Å². The number of nitrogens with zero attached hydrogens (tertiary/aromatic N) is 5. The molecule has 4 rings (SSSR count). The molecule has 0 aliphatic carbocycles. The number of ether oxygens (including phenoxy) is 2. The monoisotopic (exact) mass is 532 g/mol. The topological polar surface area (TPSA) is 143 Å². The van der Waals surface area contributed by atoms with E-state index in [4.69, 9.17) is 11.5 Å². The molecule has 0 saturated carbocycles. The fraction of sp³-hybridized carbons (Fsp3) is 0.111. The van der Waals surface area contributed by atoms with Crippen LogP contribution in [0.4, 0.5) is 29.2 Å². The molecular weight excluding hydrogens is 516 g/mol. The first-order valence-electron chi connectivity index (χ1n) is 8.76. The second kappa shape index (κ2) is 12.8. The number of hydrogen-bond donors (Lipinski definition) is 3. The molecule has 0 radical (unpaired) electrons. The van der Waals surface area contributed by atoms with Gasteiger partial charge in [0.05, 0.1) is 11.9 Å². The van der Waals surface area contributed by atoms with Gasteiger partial charge in [-0.2, -0.15) is 27.8 Å². The SMILES string of the molecule is FC(F)Oc1cc(Br)ccn1.Nc1ccn(-c2ccnc(OC(F)F)c2)n1.Nc1ccn[nH]1. The van der Waals surface area contributed by atoms with Gasteiger partial charge >= 0.3 is 13.2 Å². The molecule has 0 aliphatic heterocycles. The van der Waals surface area contributed by atoms with E-state index in [1.807, 2.05) is 0 Å². The van der Waals surface area contributed by atoms with Gasteiger partial charge in [-0.25, -0.2) is 14.6 Å². The molecule has 0 fully saturated rings. The van der Waals surface area contributed by atoms with Crippen molar-refractivity contribution in [1.29, 1.82) is 0 Å². The van der Waals surface area contributed by atoms with Crippen LogP contribution in [0.25, 0.3) is 5.69 Å². The van der Waals surface area contributed by atoms with Crippen LogP contribution in [-0.4, -0.2) is 43.2 Å². The highest BCUT2D eigenvalue weighted by molar-refractivity contribution is 9.10. The minimum absolute atomic E-state index is 0.0885. The maximum absolute atomic E-state index is 12.0. The van der Waals surface area contributed by atoms with E-state index in [9.17, 15) is 17.6 Å². The van der Waals surface area contributed by atoms with Crippen LogP contribution in [0, 0.1) is 0 Å². The maximum atomic E-state index is 12.0. The summed E-state index contributed by atoms with van der Waals surface area (Å²) in [4.78, 5) is 7.18. The fourth-order valence-electron chi connectivity index (χ4n) is 1.99. The first-order chi connectivity index (χ1) is 15.7. The second-order valence-corrected chi connectivity index (χ2v) is 6.53. The first-order valence-corrected chi connectivity index (χ1v) is 9.56. The molecule has 0 saturated heterocycles. The Balaban J connectivity index is 0.000000195. The quantitative estimate of drug-likeness (QED) is 0.328. The molecule has 0 aromatic carbocycles. The Labute approximate surface area is 192 Å². The van der Waals surface area contributed by atoms with E-state index in [0.29, 0.717) is 21.8 Å². The summed E-state index contributed by atoms with van der Waals surface area (Å²) < 4.78 is 57.3. The highest BCUT2D eigenvalue weighted by Gasteiger charge is 2.07. The number of nitrogens with two attached hydrogens (primary N) is 2. The van der Waals surface area contributed by atoms with Crippen LogP contribution in [-0.2, 0) is 0 Å². The lowest BCUT2D eigenvalue weighted by molar-refractivity contribution is -0.0535. The Bertz CT molecular complexity index is 1100. The first kappa shape index (κ1) is 25.4. The van der Waals surface area contributed by atoms with E-state index < -0.39 is 13.2 Å². The maximum Gasteiger partial charge on any atom is 0.388 e. The van der Waals surface area contributed by atoms with E-state index in [2.05, 4.69) is 50.7 Å². The smallest absolute Gasteiger partial charge is 0.388 e. The number of anilines is 2. The zero-order valence-corrected chi connectivity index (χ0v) is 18.1. The van der Waals surface area contributed by atoms with Crippen LogP contribution in [0.3, 0.4) is 0 Å². The summed E-state index contributed by atoms with van der Waals surface area (Å²) in [6, 6.07) is 9.22. The number of nitrogen functional groups attached to an aromatic ring is 2. The molecule has 0 unspecified atom stereocenters. The Morgan fingerprint density at radius 1 is 0.879 bits per heavy atom. The van der Waals surface area contributed by atoms with Crippen LogP contribution in [0.15, 0.2) is 65.7 Å². The minimum Gasteiger partial charge on any atom is -0.417 e. The van der Waals surface area contributed by atoms with Gasteiger partial charge in [-0.15, -0.1) is 0 Å². The van der Waals surface area contributed by atoms with Gasteiger partial charge in [-0.05, 0) is 18.2 Å². The average Bonchev–Trinajstić information content (AvgIpc) is 3.39. The molecule has 33 heavy (non-hydrogen) atoms. The van der Waals surface area contributed by atoms with E-state index >= 15 is 0 Å². The van der Waals surface area contributed by atoms with Gasteiger partial charge in [0.2, 0.25) is 11.8 Å². The van der Waals surface area contributed by atoms with Crippen molar-refractivity contribution < 1.29 is 27.0 Å². The molecule has 4 heterocycles. The number of aromatic nitrogens is 6. The minimum atomic E-state index is -2.90. The van der Waals surface area contributed by atoms with Gasteiger partial charge in [0.25, 0.3) is 0 Å². The molecule has 0 spiro atoms. The van der Waals surface area contributed by atoms with Gasteiger partial charge < -0.3 is 20.9 Å². The van der Waals surface area contributed by atoms with Crippen molar-refractivity contribution in [3.63, 3.8) is 0 Å². The number of pyridine rings is 2. The Morgan fingerprint density at radius 2 is 1.52 bits per heavy atom. The van der Waals surface area contributed by atoms with E-state index in [-0.39, 0.29) is 11.8 Å². The van der Waals surface area contributed by atoms with Crippen molar-refractivity contribution in [3.8, 4) is 17.4 Å². The van der Waals surface area contributed by atoms with Crippen molar-refractivity contribution in [2.45, 2.75) is 13.2 Å². The predicted molar refractivity (Wildman–Crippen MR) is 114 cm³/mol. The summed E-state index contributed by atoms with van der Waals surface area (Å²) in [7, 11) is 0. The predicted octanol–water partition coefficient (Wildman–Crippen LogP) is 3.89. The summed E-state index contributed by atoms with van der Waals surface area (Å²) in [5, 5.41) is 10.0. The second-order valence-electron chi connectivity index (χ2n) is 5.62. The van der Waals surface area contributed by atoms with Gasteiger partial charge in [0.15, 0.2) is 0 Å². The molecule has 15 heteroatoms. The molecule has 4 aromatic heterocycles. The molecule has 0 bridgehead atoms. The lowest BCUT2D eigenvalue weighted by atomic mass is 10.4. The zero-order chi connectivity index (χ0) is 24.2. The van der Waals surface area contributed by atoms with E-state index in [1.165, 1.54) is 29.2 Å².